The Kier molecular flexibility index (Phi) is 4.72. The molecule has 2 atom stereocenters. The number of likely N-dealkylation sites (tertiary alicyclic amines) is 1. The van der Waals surface area contributed by atoms with Crippen molar-refractivity contribution in [2.45, 2.75) is 38.1 Å². The maximum absolute atomic E-state index is 13.4. The summed E-state index contributed by atoms with van der Waals surface area (Å²) in [5.41, 5.74) is 1.86. The summed E-state index contributed by atoms with van der Waals surface area (Å²) in [6, 6.07) is 0.0874. The summed E-state index contributed by atoms with van der Waals surface area (Å²) in [6.07, 6.45) is 11.5. The van der Waals surface area contributed by atoms with Crippen LogP contribution in [-0.2, 0) is 23.7 Å². The van der Waals surface area contributed by atoms with Gasteiger partial charge in [-0.2, -0.15) is 10.2 Å². The van der Waals surface area contributed by atoms with Crippen molar-refractivity contribution < 1.29 is 9.59 Å². The fourth-order valence-electron chi connectivity index (χ4n) is 4.23. The lowest BCUT2D eigenvalue weighted by molar-refractivity contribution is -0.140. The number of hydrogen-bond donors (Lipinski definition) is 0. The molecule has 2 saturated heterocycles. The van der Waals surface area contributed by atoms with Crippen LogP contribution < -0.4 is 4.90 Å². The molecule has 0 saturated carbocycles. The van der Waals surface area contributed by atoms with E-state index in [9.17, 15) is 9.59 Å². The second-order valence-electron chi connectivity index (χ2n) is 7.60. The Morgan fingerprint density at radius 2 is 1.85 bits per heavy atom. The van der Waals surface area contributed by atoms with E-state index in [0.29, 0.717) is 19.4 Å². The predicted molar refractivity (Wildman–Crippen MR) is 99.8 cm³/mol. The van der Waals surface area contributed by atoms with Crippen molar-refractivity contribution >= 4 is 17.5 Å². The molecule has 2 amide bonds. The quantitative estimate of drug-likeness (QED) is 0.823. The van der Waals surface area contributed by atoms with E-state index in [1.807, 2.05) is 37.6 Å². The second kappa shape index (κ2) is 7.17. The molecule has 4 rings (SSSR count). The second-order valence-corrected chi connectivity index (χ2v) is 7.60. The third-order valence-corrected chi connectivity index (χ3v) is 5.66. The average Bonchev–Trinajstić information content (AvgIpc) is 3.30. The van der Waals surface area contributed by atoms with Gasteiger partial charge in [-0.3, -0.25) is 19.0 Å². The monoisotopic (exact) mass is 370 g/mol. The van der Waals surface area contributed by atoms with Crippen molar-refractivity contribution in [3.8, 4) is 0 Å². The smallest absolute Gasteiger partial charge is 0.228 e. The van der Waals surface area contributed by atoms with Gasteiger partial charge < -0.3 is 9.80 Å². The molecule has 0 spiro atoms. The Balaban J connectivity index is 1.52. The molecule has 2 fully saturated rings. The van der Waals surface area contributed by atoms with Crippen LogP contribution in [0.3, 0.4) is 0 Å². The molecule has 2 aromatic heterocycles. The summed E-state index contributed by atoms with van der Waals surface area (Å²) < 4.78 is 3.47. The molecule has 4 heterocycles. The molecule has 2 aliphatic rings. The normalized spacial score (nSPS) is 23.7. The van der Waals surface area contributed by atoms with Gasteiger partial charge in [0.05, 0.1) is 30.0 Å². The molecule has 0 aromatic carbocycles. The minimum Gasteiger partial charge on any atom is -0.335 e. The highest BCUT2D eigenvalue weighted by Gasteiger charge is 2.37. The first-order valence-corrected chi connectivity index (χ1v) is 9.61. The highest BCUT2D eigenvalue weighted by Crippen LogP contribution is 2.34. The highest BCUT2D eigenvalue weighted by molar-refractivity contribution is 5.96. The van der Waals surface area contributed by atoms with Gasteiger partial charge in [0.1, 0.15) is 0 Å². The van der Waals surface area contributed by atoms with Crippen LogP contribution in [0.15, 0.2) is 24.8 Å². The topological polar surface area (TPSA) is 76.3 Å². The van der Waals surface area contributed by atoms with Crippen LogP contribution in [-0.4, -0.2) is 49.4 Å². The van der Waals surface area contributed by atoms with E-state index in [1.54, 1.807) is 20.5 Å². The molecule has 2 aliphatic heterocycles. The van der Waals surface area contributed by atoms with E-state index < -0.39 is 0 Å². The molecule has 0 radical (unpaired) electrons. The number of carbonyl (C=O) groups is 2. The Morgan fingerprint density at radius 3 is 2.56 bits per heavy atom. The third-order valence-electron chi connectivity index (χ3n) is 5.66. The lowest BCUT2D eigenvalue weighted by Crippen LogP contribution is -2.49. The molecule has 2 unspecified atom stereocenters. The van der Waals surface area contributed by atoms with Crippen molar-refractivity contribution in [2.24, 2.45) is 20.0 Å². The first kappa shape index (κ1) is 17.8. The molecular weight excluding hydrogens is 344 g/mol. The van der Waals surface area contributed by atoms with E-state index in [4.69, 9.17) is 0 Å². The number of aromatic nitrogens is 4. The number of aryl methyl sites for hydroxylation is 2. The largest absolute Gasteiger partial charge is 0.335 e. The van der Waals surface area contributed by atoms with Crippen molar-refractivity contribution in [1.82, 2.24) is 24.5 Å². The first-order valence-electron chi connectivity index (χ1n) is 9.61. The molecule has 0 N–H and O–H groups in total. The van der Waals surface area contributed by atoms with Crippen molar-refractivity contribution in [1.29, 1.82) is 0 Å². The van der Waals surface area contributed by atoms with Crippen LogP contribution in [0.1, 0.15) is 43.7 Å². The number of piperidine rings is 2. The summed E-state index contributed by atoms with van der Waals surface area (Å²) in [5, 5.41) is 8.44. The number of hydrogen-bond acceptors (Lipinski definition) is 4. The summed E-state index contributed by atoms with van der Waals surface area (Å²) in [4.78, 5) is 29.5. The van der Waals surface area contributed by atoms with Gasteiger partial charge in [0.25, 0.3) is 0 Å². The van der Waals surface area contributed by atoms with Gasteiger partial charge in [0.2, 0.25) is 11.8 Å². The number of amides is 2. The van der Waals surface area contributed by atoms with Crippen LogP contribution in [0.5, 0.6) is 0 Å². The van der Waals surface area contributed by atoms with Crippen LogP contribution in [0, 0.1) is 5.92 Å². The van der Waals surface area contributed by atoms with Crippen LogP contribution in [0.2, 0.25) is 0 Å². The van der Waals surface area contributed by atoms with Gasteiger partial charge in [-0.05, 0) is 25.7 Å². The molecule has 0 aliphatic carbocycles. The molecule has 2 aromatic rings. The Morgan fingerprint density at radius 1 is 1.07 bits per heavy atom. The minimum atomic E-state index is -0.167. The summed E-state index contributed by atoms with van der Waals surface area (Å²) >= 11 is 0. The molecule has 0 bridgehead atoms. The van der Waals surface area contributed by atoms with Crippen molar-refractivity contribution in [2.75, 3.05) is 18.0 Å². The lowest BCUT2D eigenvalue weighted by Gasteiger charge is -2.40. The predicted octanol–water partition coefficient (Wildman–Crippen LogP) is 1.65. The van der Waals surface area contributed by atoms with E-state index in [1.165, 1.54) is 0 Å². The van der Waals surface area contributed by atoms with Gasteiger partial charge in [-0.15, -0.1) is 0 Å². The lowest BCUT2D eigenvalue weighted by atomic mass is 9.91. The van der Waals surface area contributed by atoms with Crippen LogP contribution in [0.4, 0.5) is 5.69 Å². The van der Waals surface area contributed by atoms with E-state index in [2.05, 4.69) is 10.2 Å². The Labute approximate surface area is 158 Å². The molecule has 144 valence electrons. The summed E-state index contributed by atoms with van der Waals surface area (Å²) in [6.45, 7) is 1.20. The zero-order valence-corrected chi connectivity index (χ0v) is 15.9. The zero-order valence-electron chi connectivity index (χ0n) is 15.9. The van der Waals surface area contributed by atoms with Gasteiger partial charge in [-0.25, -0.2) is 0 Å². The van der Waals surface area contributed by atoms with E-state index >= 15 is 0 Å². The summed E-state index contributed by atoms with van der Waals surface area (Å²) in [5.74, 6) is 0.0552. The third kappa shape index (κ3) is 3.48. The van der Waals surface area contributed by atoms with Crippen molar-refractivity contribution in [3.05, 3.63) is 30.4 Å². The highest BCUT2D eigenvalue weighted by atomic mass is 16.2. The van der Waals surface area contributed by atoms with Gasteiger partial charge in [-0.1, -0.05) is 0 Å². The number of nitrogens with zero attached hydrogens (tertiary/aromatic N) is 6. The Hall–Kier alpha value is -2.64. The maximum atomic E-state index is 13.4. The molecular formula is C19H26N6O2. The summed E-state index contributed by atoms with van der Waals surface area (Å²) in [7, 11) is 3.73. The van der Waals surface area contributed by atoms with Gasteiger partial charge >= 0.3 is 0 Å². The van der Waals surface area contributed by atoms with Gasteiger partial charge in [0.15, 0.2) is 0 Å². The van der Waals surface area contributed by atoms with Crippen molar-refractivity contribution in [3.63, 3.8) is 0 Å². The standard InChI is InChI=1S/C19H26N6O2/c1-22-11-15(9-20-22)17-5-3-4-8-24(17)19(27)14-6-7-18(26)25(12-14)16-10-21-23(2)13-16/h9-11,13-14,17H,3-8,12H2,1-2H3. The molecule has 27 heavy (non-hydrogen) atoms. The number of rotatable bonds is 3. The van der Waals surface area contributed by atoms with Crippen LogP contribution >= 0.6 is 0 Å². The maximum Gasteiger partial charge on any atom is 0.228 e. The fraction of sp³-hybridized carbons (Fsp3) is 0.579. The SMILES string of the molecule is Cn1cc(C2CCCCN2C(=O)C2CCC(=O)N(c3cnn(C)c3)C2)cn1. The fourth-order valence-corrected chi connectivity index (χ4v) is 4.23. The Bertz CT molecular complexity index is 841. The van der Waals surface area contributed by atoms with E-state index in [-0.39, 0.29) is 23.8 Å². The molecule has 8 nitrogen and oxygen atoms in total. The van der Waals surface area contributed by atoms with E-state index in [0.717, 1.165) is 37.1 Å². The molecule has 8 heteroatoms. The number of carbonyl (C=O) groups excluding carboxylic acids is 2. The number of anilines is 1. The van der Waals surface area contributed by atoms with Gasteiger partial charge in [0, 0.05) is 51.6 Å². The van der Waals surface area contributed by atoms with Crippen LogP contribution in [0.25, 0.3) is 0 Å². The average molecular weight is 370 g/mol. The first-order chi connectivity index (χ1) is 13.0. The zero-order chi connectivity index (χ0) is 19.0. The minimum absolute atomic E-state index is 0.0644.